The minimum absolute atomic E-state index is 0.167. The predicted octanol–water partition coefficient (Wildman–Crippen LogP) is 3.58. The van der Waals surface area contributed by atoms with Crippen molar-refractivity contribution in [2.75, 3.05) is 5.32 Å². The van der Waals surface area contributed by atoms with Crippen LogP contribution in [-0.4, -0.2) is 27.8 Å². The molecule has 0 saturated heterocycles. The quantitative estimate of drug-likeness (QED) is 0.587. The number of imidazole rings is 1. The number of benzene rings is 2. The monoisotopic (exact) mass is 378 g/mol. The Labute approximate surface area is 164 Å². The lowest BCUT2D eigenvalue weighted by atomic mass is 10.0. The summed E-state index contributed by atoms with van der Waals surface area (Å²) in [6.07, 6.45) is 0.796. The molecule has 2 aromatic carbocycles. The van der Waals surface area contributed by atoms with Crippen LogP contribution >= 0.6 is 0 Å². The van der Waals surface area contributed by atoms with Gasteiger partial charge in [0, 0.05) is 0 Å². The molecular weight excluding hydrogens is 352 g/mol. The summed E-state index contributed by atoms with van der Waals surface area (Å²) in [5.74, 6) is 0.198. The summed E-state index contributed by atoms with van der Waals surface area (Å²) in [5.41, 5.74) is 3.65. The van der Waals surface area contributed by atoms with Gasteiger partial charge in [0.05, 0.1) is 17.5 Å². The molecule has 0 unspecified atom stereocenters. The van der Waals surface area contributed by atoms with Gasteiger partial charge < -0.3 is 10.3 Å². The second-order valence-corrected chi connectivity index (χ2v) is 7.44. The maximum absolute atomic E-state index is 12.8. The fourth-order valence-electron chi connectivity index (χ4n) is 3.15. The molecule has 28 heavy (non-hydrogen) atoms. The lowest BCUT2D eigenvalue weighted by Crippen LogP contribution is -2.45. The fraction of sp³-hybridized carbons (Fsp3) is 0.318. The van der Waals surface area contributed by atoms with Crippen molar-refractivity contribution >= 4 is 28.8 Å². The highest BCUT2D eigenvalue weighted by atomic mass is 16.2. The van der Waals surface area contributed by atoms with E-state index in [0.717, 1.165) is 22.2 Å². The van der Waals surface area contributed by atoms with E-state index in [1.165, 1.54) is 0 Å². The van der Waals surface area contributed by atoms with Gasteiger partial charge in [-0.1, -0.05) is 50.2 Å². The average molecular weight is 378 g/mol. The Bertz CT molecular complexity index is 944. The molecule has 0 bridgehead atoms. The van der Waals surface area contributed by atoms with Crippen LogP contribution in [0.2, 0.25) is 0 Å². The number of anilines is 1. The van der Waals surface area contributed by atoms with E-state index < -0.39 is 6.04 Å². The van der Waals surface area contributed by atoms with Gasteiger partial charge in [0.15, 0.2) is 0 Å². The molecule has 0 spiro atoms. The summed E-state index contributed by atoms with van der Waals surface area (Å²) >= 11 is 0. The summed E-state index contributed by atoms with van der Waals surface area (Å²) in [6.45, 7) is 6.02. The maximum Gasteiger partial charge on any atom is 0.249 e. The van der Waals surface area contributed by atoms with Crippen molar-refractivity contribution in [2.45, 2.75) is 39.7 Å². The number of H-pyrrole nitrogens is 1. The summed E-state index contributed by atoms with van der Waals surface area (Å²) in [6, 6.07) is 14.7. The zero-order valence-electron chi connectivity index (χ0n) is 16.5. The second kappa shape index (κ2) is 8.69. The third kappa shape index (κ3) is 4.97. The number of hydrogen-bond donors (Lipinski definition) is 3. The molecule has 146 valence electrons. The SMILES string of the molecule is Cc1ccccc1CC(=O)N[C@@H](CC(C)C)C(=O)Nc1nc2ccccc2[nH]1. The minimum atomic E-state index is -0.621. The highest BCUT2D eigenvalue weighted by molar-refractivity contribution is 5.97. The van der Waals surface area contributed by atoms with Crippen LogP contribution in [0.4, 0.5) is 5.95 Å². The second-order valence-electron chi connectivity index (χ2n) is 7.44. The van der Waals surface area contributed by atoms with Crippen LogP contribution < -0.4 is 10.6 Å². The standard InChI is InChI=1S/C22H26N4O2/c1-14(2)12-19(23-20(27)13-16-9-5-4-8-15(16)3)21(28)26-22-24-17-10-6-7-11-18(17)25-22/h4-11,14,19H,12-13H2,1-3H3,(H,23,27)(H2,24,25,26,28)/t19-/m0/s1. The van der Waals surface area contributed by atoms with Gasteiger partial charge in [-0.3, -0.25) is 14.9 Å². The van der Waals surface area contributed by atoms with Gasteiger partial charge in [-0.05, 0) is 42.5 Å². The number of nitrogens with one attached hydrogen (secondary N) is 3. The lowest BCUT2D eigenvalue weighted by molar-refractivity contribution is -0.126. The van der Waals surface area contributed by atoms with Gasteiger partial charge >= 0.3 is 0 Å². The van der Waals surface area contributed by atoms with E-state index in [9.17, 15) is 9.59 Å². The number of amides is 2. The normalized spacial score (nSPS) is 12.1. The van der Waals surface area contributed by atoms with E-state index in [0.29, 0.717) is 12.4 Å². The average Bonchev–Trinajstić information content (AvgIpc) is 3.05. The van der Waals surface area contributed by atoms with E-state index in [4.69, 9.17) is 0 Å². The number of nitrogens with zero attached hydrogens (tertiary/aromatic N) is 1. The number of aromatic amines is 1. The molecule has 3 aromatic rings. The number of para-hydroxylation sites is 2. The zero-order chi connectivity index (χ0) is 20.1. The smallest absolute Gasteiger partial charge is 0.249 e. The molecule has 0 radical (unpaired) electrons. The van der Waals surface area contributed by atoms with E-state index in [1.54, 1.807) is 0 Å². The molecule has 3 rings (SSSR count). The Balaban J connectivity index is 1.68. The van der Waals surface area contributed by atoms with Gasteiger partial charge in [-0.25, -0.2) is 4.98 Å². The first kappa shape index (κ1) is 19.6. The van der Waals surface area contributed by atoms with Crippen LogP contribution in [0.3, 0.4) is 0 Å². The Kier molecular flexibility index (Phi) is 6.09. The molecule has 0 aliphatic rings. The number of carbonyl (C=O) groups is 2. The molecule has 2 amide bonds. The summed E-state index contributed by atoms with van der Waals surface area (Å²) in [4.78, 5) is 32.8. The Morgan fingerprint density at radius 1 is 1.07 bits per heavy atom. The van der Waals surface area contributed by atoms with Crippen LogP contribution in [0.25, 0.3) is 11.0 Å². The van der Waals surface area contributed by atoms with E-state index >= 15 is 0 Å². The molecule has 6 heteroatoms. The van der Waals surface area contributed by atoms with E-state index in [2.05, 4.69) is 20.6 Å². The molecule has 0 fully saturated rings. The number of rotatable bonds is 7. The van der Waals surface area contributed by atoms with E-state index in [-0.39, 0.29) is 24.2 Å². The number of aromatic nitrogens is 2. The molecule has 0 aliphatic heterocycles. The summed E-state index contributed by atoms with van der Waals surface area (Å²) in [7, 11) is 0. The van der Waals surface area contributed by atoms with E-state index in [1.807, 2.05) is 69.3 Å². The summed E-state index contributed by atoms with van der Waals surface area (Å²) < 4.78 is 0. The van der Waals surface area contributed by atoms with Crippen LogP contribution in [0, 0.1) is 12.8 Å². The van der Waals surface area contributed by atoms with Crippen molar-refractivity contribution in [1.82, 2.24) is 15.3 Å². The molecule has 1 aromatic heterocycles. The van der Waals surface area contributed by atoms with Crippen LogP contribution in [0.5, 0.6) is 0 Å². The Hall–Kier alpha value is -3.15. The lowest BCUT2D eigenvalue weighted by Gasteiger charge is -2.20. The maximum atomic E-state index is 12.8. The van der Waals surface area contributed by atoms with Crippen LogP contribution in [0.1, 0.15) is 31.4 Å². The number of hydrogen-bond acceptors (Lipinski definition) is 3. The first-order chi connectivity index (χ1) is 13.4. The molecule has 6 nitrogen and oxygen atoms in total. The van der Waals surface area contributed by atoms with Crippen molar-refractivity contribution in [3.63, 3.8) is 0 Å². The van der Waals surface area contributed by atoms with Gasteiger partial charge in [0.2, 0.25) is 17.8 Å². The predicted molar refractivity (Wildman–Crippen MR) is 111 cm³/mol. The van der Waals surface area contributed by atoms with Crippen molar-refractivity contribution in [3.05, 3.63) is 59.7 Å². The van der Waals surface area contributed by atoms with Gasteiger partial charge in [0.25, 0.3) is 0 Å². The highest BCUT2D eigenvalue weighted by Crippen LogP contribution is 2.15. The fourth-order valence-corrected chi connectivity index (χ4v) is 3.15. The topological polar surface area (TPSA) is 86.9 Å². The minimum Gasteiger partial charge on any atom is -0.344 e. The zero-order valence-corrected chi connectivity index (χ0v) is 16.5. The first-order valence-corrected chi connectivity index (χ1v) is 9.52. The van der Waals surface area contributed by atoms with Gasteiger partial charge in [-0.15, -0.1) is 0 Å². The molecule has 1 atom stereocenters. The molecule has 0 saturated carbocycles. The van der Waals surface area contributed by atoms with Crippen LogP contribution in [-0.2, 0) is 16.0 Å². The highest BCUT2D eigenvalue weighted by Gasteiger charge is 2.23. The number of carbonyl (C=O) groups excluding carboxylic acids is 2. The van der Waals surface area contributed by atoms with Crippen molar-refractivity contribution in [1.29, 1.82) is 0 Å². The van der Waals surface area contributed by atoms with Crippen LogP contribution in [0.15, 0.2) is 48.5 Å². The molecule has 1 heterocycles. The largest absolute Gasteiger partial charge is 0.344 e. The molecular formula is C22H26N4O2. The summed E-state index contributed by atoms with van der Waals surface area (Å²) in [5, 5.41) is 5.68. The Morgan fingerprint density at radius 2 is 1.79 bits per heavy atom. The molecule has 0 aliphatic carbocycles. The first-order valence-electron chi connectivity index (χ1n) is 9.52. The Morgan fingerprint density at radius 3 is 2.50 bits per heavy atom. The third-order valence-electron chi connectivity index (χ3n) is 4.60. The van der Waals surface area contributed by atoms with Gasteiger partial charge in [-0.2, -0.15) is 0 Å². The van der Waals surface area contributed by atoms with Crippen molar-refractivity contribution in [3.8, 4) is 0 Å². The molecule has 3 N–H and O–H groups in total. The van der Waals surface area contributed by atoms with Crippen molar-refractivity contribution < 1.29 is 9.59 Å². The van der Waals surface area contributed by atoms with Crippen molar-refractivity contribution in [2.24, 2.45) is 5.92 Å². The van der Waals surface area contributed by atoms with Gasteiger partial charge in [0.1, 0.15) is 6.04 Å². The number of aryl methyl sites for hydroxylation is 1. The third-order valence-corrected chi connectivity index (χ3v) is 4.60. The number of fused-ring (bicyclic) bond motifs is 1.